The van der Waals surface area contributed by atoms with Gasteiger partial charge in [-0.3, -0.25) is 4.90 Å². The fourth-order valence-corrected chi connectivity index (χ4v) is 1.95. The molecule has 1 rings (SSSR count). The van der Waals surface area contributed by atoms with Crippen molar-refractivity contribution in [2.75, 3.05) is 18.4 Å². The maximum absolute atomic E-state index is 6.12. The lowest BCUT2D eigenvalue weighted by molar-refractivity contribution is 0.282. The van der Waals surface area contributed by atoms with Crippen molar-refractivity contribution < 1.29 is 0 Å². The summed E-state index contributed by atoms with van der Waals surface area (Å²) in [6.07, 6.45) is 1.18. The lowest BCUT2D eigenvalue weighted by Gasteiger charge is -2.20. The third-order valence-electron chi connectivity index (χ3n) is 2.41. The number of alkyl halides is 1. The van der Waals surface area contributed by atoms with Crippen LogP contribution in [-0.4, -0.2) is 23.3 Å². The molecule has 1 aromatic carbocycles. The molecule has 0 saturated carbocycles. The van der Waals surface area contributed by atoms with Crippen LogP contribution in [0.2, 0.25) is 5.02 Å². The van der Waals surface area contributed by atoms with Crippen LogP contribution in [-0.2, 0) is 6.54 Å². The molecule has 0 amide bonds. The van der Waals surface area contributed by atoms with E-state index >= 15 is 0 Å². The SMILES string of the molecule is CCN(CCCBr)Cc1ccccc1Cl. The fraction of sp³-hybridized carbons (Fsp3) is 0.500. The minimum Gasteiger partial charge on any atom is -0.299 e. The van der Waals surface area contributed by atoms with Gasteiger partial charge in [-0.1, -0.05) is 52.7 Å². The second-order valence-electron chi connectivity index (χ2n) is 3.50. The molecule has 0 aromatic heterocycles. The van der Waals surface area contributed by atoms with E-state index in [1.54, 1.807) is 0 Å². The van der Waals surface area contributed by atoms with Crippen molar-refractivity contribution in [3.05, 3.63) is 34.9 Å². The van der Waals surface area contributed by atoms with Gasteiger partial charge in [0.1, 0.15) is 0 Å². The number of halogens is 2. The molecule has 1 aromatic rings. The van der Waals surface area contributed by atoms with E-state index in [9.17, 15) is 0 Å². The van der Waals surface area contributed by atoms with Crippen molar-refractivity contribution in [3.8, 4) is 0 Å². The molecule has 0 radical (unpaired) electrons. The van der Waals surface area contributed by atoms with Gasteiger partial charge < -0.3 is 0 Å². The Morgan fingerprint density at radius 1 is 1.33 bits per heavy atom. The molecule has 15 heavy (non-hydrogen) atoms. The molecule has 0 fully saturated rings. The Balaban J connectivity index is 2.54. The third kappa shape index (κ3) is 4.54. The molecule has 0 atom stereocenters. The van der Waals surface area contributed by atoms with Gasteiger partial charge in [-0.15, -0.1) is 0 Å². The minimum absolute atomic E-state index is 0.870. The van der Waals surface area contributed by atoms with Gasteiger partial charge in [0.15, 0.2) is 0 Å². The van der Waals surface area contributed by atoms with E-state index in [4.69, 9.17) is 11.6 Å². The molecule has 84 valence electrons. The molecule has 0 saturated heterocycles. The van der Waals surface area contributed by atoms with Crippen LogP contribution in [0.25, 0.3) is 0 Å². The summed E-state index contributed by atoms with van der Waals surface area (Å²) < 4.78 is 0. The van der Waals surface area contributed by atoms with Crippen molar-refractivity contribution in [2.45, 2.75) is 19.9 Å². The van der Waals surface area contributed by atoms with Gasteiger partial charge in [0.05, 0.1) is 0 Å². The summed E-state index contributed by atoms with van der Waals surface area (Å²) in [5.41, 5.74) is 1.22. The molecule has 0 aliphatic carbocycles. The minimum atomic E-state index is 0.870. The summed E-state index contributed by atoms with van der Waals surface area (Å²) in [5.74, 6) is 0. The number of nitrogens with zero attached hydrogens (tertiary/aromatic N) is 1. The summed E-state index contributed by atoms with van der Waals surface area (Å²) in [4.78, 5) is 2.41. The highest BCUT2D eigenvalue weighted by molar-refractivity contribution is 9.09. The first kappa shape index (κ1) is 13.0. The molecule has 0 N–H and O–H groups in total. The van der Waals surface area contributed by atoms with Gasteiger partial charge in [0.2, 0.25) is 0 Å². The van der Waals surface area contributed by atoms with Crippen molar-refractivity contribution in [3.63, 3.8) is 0 Å². The van der Waals surface area contributed by atoms with Gasteiger partial charge in [0.25, 0.3) is 0 Å². The predicted octanol–water partition coefficient (Wildman–Crippen LogP) is 3.95. The molecule has 0 heterocycles. The van der Waals surface area contributed by atoms with E-state index in [1.807, 2.05) is 18.2 Å². The maximum Gasteiger partial charge on any atom is 0.0451 e. The Labute approximate surface area is 106 Å². The van der Waals surface area contributed by atoms with Gasteiger partial charge in [-0.05, 0) is 31.1 Å². The largest absolute Gasteiger partial charge is 0.299 e. The summed E-state index contributed by atoms with van der Waals surface area (Å²) in [5, 5.41) is 1.93. The van der Waals surface area contributed by atoms with E-state index in [1.165, 1.54) is 12.0 Å². The van der Waals surface area contributed by atoms with Crippen LogP contribution in [0, 0.1) is 0 Å². The zero-order valence-corrected chi connectivity index (χ0v) is 11.4. The summed E-state index contributed by atoms with van der Waals surface area (Å²) >= 11 is 9.58. The van der Waals surface area contributed by atoms with Crippen LogP contribution in [0.3, 0.4) is 0 Å². The topological polar surface area (TPSA) is 3.24 Å². The predicted molar refractivity (Wildman–Crippen MR) is 70.8 cm³/mol. The highest BCUT2D eigenvalue weighted by Gasteiger charge is 2.05. The average Bonchev–Trinajstić information content (AvgIpc) is 2.26. The Bertz CT molecular complexity index is 291. The molecule has 3 heteroatoms. The van der Waals surface area contributed by atoms with Gasteiger partial charge in [-0.2, -0.15) is 0 Å². The first-order valence-electron chi connectivity index (χ1n) is 5.29. The van der Waals surface area contributed by atoms with Crippen molar-refractivity contribution in [1.29, 1.82) is 0 Å². The van der Waals surface area contributed by atoms with Crippen molar-refractivity contribution in [1.82, 2.24) is 4.90 Å². The fourth-order valence-electron chi connectivity index (χ4n) is 1.50. The van der Waals surface area contributed by atoms with Crippen LogP contribution in [0.4, 0.5) is 0 Å². The molecule has 0 spiro atoms. The molecular formula is C12H17BrClN. The monoisotopic (exact) mass is 289 g/mol. The zero-order valence-electron chi connectivity index (χ0n) is 9.05. The third-order valence-corrected chi connectivity index (χ3v) is 3.34. The van der Waals surface area contributed by atoms with Gasteiger partial charge in [-0.25, -0.2) is 0 Å². The molecular weight excluding hydrogens is 273 g/mol. The van der Waals surface area contributed by atoms with Crippen LogP contribution < -0.4 is 0 Å². The van der Waals surface area contributed by atoms with E-state index in [0.29, 0.717) is 0 Å². The van der Waals surface area contributed by atoms with Crippen LogP contribution >= 0.6 is 27.5 Å². The molecule has 0 unspecified atom stereocenters. The summed E-state index contributed by atoms with van der Waals surface area (Å²) in [7, 11) is 0. The Kier molecular flexibility index (Phi) is 6.30. The van der Waals surface area contributed by atoms with E-state index in [0.717, 1.165) is 30.0 Å². The Hall–Kier alpha value is -0.0500. The smallest absolute Gasteiger partial charge is 0.0451 e. The molecule has 0 aliphatic heterocycles. The van der Waals surface area contributed by atoms with E-state index in [-0.39, 0.29) is 0 Å². The normalized spacial score (nSPS) is 10.9. The van der Waals surface area contributed by atoms with E-state index in [2.05, 4.69) is 33.8 Å². The highest BCUT2D eigenvalue weighted by atomic mass is 79.9. The lowest BCUT2D eigenvalue weighted by atomic mass is 10.2. The van der Waals surface area contributed by atoms with Gasteiger partial charge in [0, 0.05) is 16.9 Å². The number of rotatable bonds is 6. The summed E-state index contributed by atoms with van der Waals surface area (Å²) in [6, 6.07) is 8.06. The Morgan fingerprint density at radius 2 is 2.07 bits per heavy atom. The van der Waals surface area contributed by atoms with Gasteiger partial charge >= 0.3 is 0 Å². The quantitative estimate of drug-likeness (QED) is 0.717. The second-order valence-corrected chi connectivity index (χ2v) is 4.70. The highest BCUT2D eigenvalue weighted by Crippen LogP contribution is 2.16. The first-order valence-corrected chi connectivity index (χ1v) is 6.79. The molecule has 1 nitrogen and oxygen atoms in total. The van der Waals surface area contributed by atoms with E-state index < -0.39 is 0 Å². The lowest BCUT2D eigenvalue weighted by Crippen LogP contribution is -2.24. The number of benzene rings is 1. The van der Waals surface area contributed by atoms with Crippen LogP contribution in [0.1, 0.15) is 18.9 Å². The Morgan fingerprint density at radius 3 is 2.67 bits per heavy atom. The first-order chi connectivity index (χ1) is 7.27. The van der Waals surface area contributed by atoms with Crippen molar-refractivity contribution in [2.24, 2.45) is 0 Å². The second kappa shape index (κ2) is 7.26. The zero-order chi connectivity index (χ0) is 11.1. The number of hydrogen-bond acceptors (Lipinski definition) is 1. The van der Waals surface area contributed by atoms with Crippen LogP contribution in [0.15, 0.2) is 24.3 Å². The average molecular weight is 291 g/mol. The maximum atomic E-state index is 6.12. The van der Waals surface area contributed by atoms with Crippen LogP contribution in [0.5, 0.6) is 0 Å². The standard InChI is InChI=1S/C12H17BrClN/c1-2-15(9-5-8-13)10-11-6-3-4-7-12(11)14/h3-4,6-7H,2,5,8-10H2,1H3. The molecule has 0 bridgehead atoms. The summed E-state index contributed by atoms with van der Waals surface area (Å²) in [6.45, 7) is 5.32. The number of hydrogen-bond donors (Lipinski definition) is 0. The molecule has 0 aliphatic rings. The van der Waals surface area contributed by atoms with Crippen molar-refractivity contribution >= 4 is 27.5 Å².